The van der Waals surface area contributed by atoms with E-state index in [0.717, 1.165) is 42.7 Å². The van der Waals surface area contributed by atoms with Crippen LogP contribution < -0.4 is 20.1 Å². The van der Waals surface area contributed by atoms with Gasteiger partial charge in [-0.25, -0.2) is 0 Å². The molecule has 0 radical (unpaired) electrons. The van der Waals surface area contributed by atoms with Crippen LogP contribution in [0.2, 0.25) is 0 Å². The lowest BCUT2D eigenvalue weighted by molar-refractivity contribution is 0.124. The Morgan fingerprint density at radius 1 is 1.07 bits per heavy atom. The van der Waals surface area contributed by atoms with E-state index in [1.807, 2.05) is 18.2 Å². The fourth-order valence-electron chi connectivity index (χ4n) is 3.46. The molecule has 0 aromatic heterocycles. The normalized spacial score (nSPS) is 17.2. The Morgan fingerprint density at radius 3 is 2.36 bits per heavy atom. The van der Waals surface area contributed by atoms with Crippen LogP contribution in [-0.2, 0) is 6.54 Å². The molecule has 28 heavy (non-hydrogen) atoms. The van der Waals surface area contributed by atoms with E-state index in [9.17, 15) is 0 Å². The van der Waals surface area contributed by atoms with E-state index in [1.54, 1.807) is 21.3 Å². The van der Waals surface area contributed by atoms with E-state index in [0.29, 0.717) is 12.5 Å². The maximum Gasteiger partial charge on any atom is 0.191 e. The van der Waals surface area contributed by atoms with Gasteiger partial charge in [-0.3, -0.25) is 4.99 Å². The number of hydrogen-bond acceptors (Lipinski definition) is 5. The van der Waals surface area contributed by atoms with Gasteiger partial charge in [-0.15, -0.1) is 0 Å². The molecule has 0 bridgehead atoms. The topological polar surface area (TPSA) is 61.4 Å². The predicted octanol–water partition coefficient (Wildman–Crippen LogP) is 1.64. The number of piperazine rings is 1. The van der Waals surface area contributed by atoms with E-state index >= 15 is 0 Å². The van der Waals surface area contributed by atoms with Crippen LogP contribution in [0.25, 0.3) is 0 Å². The molecule has 1 saturated heterocycles. The first-order valence-corrected chi connectivity index (χ1v) is 10.2. The average molecular weight is 392 g/mol. The standard InChI is InChI=1S/C21H37N5O2/c1-6-25-9-11-26(12-10-25)16-17(2)14-23-21(22-3)24-15-18-7-8-19(27-4)20(13-18)28-5/h7-8,13,17H,6,9-12,14-16H2,1-5H3,(H2,22,23,24). The summed E-state index contributed by atoms with van der Waals surface area (Å²) in [6.45, 7) is 13.1. The molecule has 0 saturated carbocycles. The summed E-state index contributed by atoms with van der Waals surface area (Å²) in [4.78, 5) is 9.42. The molecule has 1 aliphatic heterocycles. The summed E-state index contributed by atoms with van der Waals surface area (Å²) in [6, 6.07) is 5.93. The van der Waals surface area contributed by atoms with Gasteiger partial charge in [0.25, 0.3) is 0 Å². The molecule has 7 nitrogen and oxygen atoms in total. The van der Waals surface area contributed by atoms with Crippen LogP contribution in [-0.4, -0.2) is 82.8 Å². The Kier molecular flexibility index (Phi) is 9.37. The minimum atomic E-state index is 0.563. The molecule has 1 heterocycles. The highest BCUT2D eigenvalue weighted by Gasteiger charge is 2.17. The van der Waals surface area contributed by atoms with Gasteiger partial charge in [-0.1, -0.05) is 19.9 Å². The number of nitrogens with zero attached hydrogens (tertiary/aromatic N) is 3. The summed E-state index contributed by atoms with van der Waals surface area (Å²) in [7, 11) is 5.10. The van der Waals surface area contributed by atoms with Crippen LogP contribution in [0, 0.1) is 5.92 Å². The van der Waals surface area contributed by atoms with E-state index in [2.05, 4.69) is 39.3 Å². The van der Waals surface area contributed by atoms with Crippen molar-refractivity contribution in [1.82, 2.24) is 20.4 Å². The molecule has 1 unspecified atom stereocenters. The highest BCUT2D eigenvalue weighted by molar-refractivity contribution is 5.79. The molecular formula is C21H37N5O2. The van der Waals surface area contributed by atoms with E-state index in [1.165, 1.54) is 26.2 Å². The van der Waals surface area contributed by atoms with Crippen molar-refractivity contribution >= 4 is 5.96 Å². The van der Waals surface area contributed by atoms with Gasteiger partial charge in [-0.05, 0) is 30.2 Å². The molecule has 1 aromatic carbocycles. The summed E-state index contributed by atoms with van der Waals surface area (Å²) in [5, 5.41) is 6.82. The number of likely N-dealkylation sites (N-methyl/N-ethyl adjacent to an activating group) is 1. The van der Waals surface area contributed by atoms with Gasteiger partial charge in [0.1, 0.15) is 0 Å². The second-order valence-electron chi connectivity index (χ2n) is 7.34. The number of hydrogen-bond donors (Lipinski definition) is 2. The van der Waals surface area contributed by atoms with Crippen LogP contribution in [0.15, 0.2) is 23.2 Å². The van der Waals surface area contributed by atoms with Crippen LogP contribution in [0.5, 0.6) is 11.5 Å². The lowest BCUT2D eigenvalue weighted by atomic mass is 10.1. The molecule has 2 N–H and O–H groups in total. The zero-order valence-electron chi connectivity index (χ0n) is 18.1. The summed E-state index contributed by atoms with van der Waals surface area (Å²) >= 11 is 0. The van der Waals surface area contributed by atoms with Crippen molar-refractivity contribution in [2.45, 2.75) is 20.4 Å². The number of methoxy groups -OCH3 is 2. The zero-order valence-corrected chi connectivity index (χ0v) is 18.1. The summed E-state index contributed by atoms with van der Waals surface area (Å²) in [6.07, 6.45) is 0. The van der Waals surface area contributed by atoms with E-state index in [4.69, 9.17) is 9.47 Å². The van der Waals surface area contributed by atoms with Gasteiger partial charge in [0, 0.05) is 52.9 Å². The molecule has 1 aliphatic rings. The molecule has 2 rings (SSSR count). The van der Waals surface area contributed by atoms with Gasteiger partial charge >= 0.3 is 0 Å². The number of rotatable bonds is 9. The maximum absolute atomic E-state index is 5.37. The monoisotopic (exact) mass is 391 g/mol. The molecule has 1 aromatic rings. The minimum Gasteiger partial charge on any atom is -0.493 e. The Labute approximate surface area is 170 Å². The highest BCUT2D eigenvalue weighted by atomic mass is 16.5. The highest BCUT2D eigenvalue weighted by Crippen LogP contribution is 2.27. The number of nitrogens with one attached hydrogen (secondary N) is 2. The van der Waals surface area contributed by atoms with Gasteiger partial charge in [0.15, 0.2) is 17.5 Å². The molecule has 7 heteroatoms. The van der Waals surface area contributed by atoms with E-state index < -0.39 is 0 Å². The predicted molar refractivity (Wildman–Crippen MR) is 115 cm³/mol. The van der Waals surface area contributed by atoms with Gasteiger partial charge < -0.3 is 29.9 Å². The van der Waals surface area contributed by atoms with Crippen molar-refractivity contribution in [3.63, 3.8) is 0 Å². The van der Waals surface area contributed by atoms with Crippen LogP contribution >= 0.6 is 0 Å². The fourth-order valence-corrected chi connectivity index (χ4v) is 3.46. The first-order valence-electron chi connectivity index (χ1n) is 10.2. The molecule has 0 amide bonds. The maximum atomic E-state index is 5.37. The number of guanidine groups is 1. The SMILES string of the molecule is CCN1CCN(CC(C)CNC(=NC)NCc2ccc(OC)c(OC)c2)CC1. The van der Waals surface area contributed by atoms with Gasteiger partial charge in [0.2, 0.25) is 0 Å². The summed E-state index contributed by atoms with van der Waals surface area (Å²) in [5.74, 6) is 2.86. The molecule has 1 fully saturated rings. The second-order valence-corrected chi connectivity index (χ2v) is 7.34. The third-order valence-electron chi connectivity index (χ3n) is 5.23. The summed E-state index contributed by atoms with van der Waals surface area (Å²) in [5.41, 5.74) is 1.11. The van der Waals surface area contributed by atoms with Gasteiger partial charge in [-0.2, -0.15) is 0 Å². The second kappa shape index (κ2) is 11.8. The quantitative estimate of drug-likeness (QED) is 0.493. The summed E-state index contributed by atoms with van der Waals surface area (Å²) < 4.78 is 10.7. The smallest absolute Gasteiger partial charge is 0.191 e. The molecule has 158 valence electrons. The zero-order chi connectivity index (χ0) is 20.4. The third kappa shape index (κ3) is 6.87. The van der Waals surface area contributed by atoms with Gasteiger partial charge in [0.05, 0.1) is 14.2 Å². The Morgan fingerprint density at radius 2 is 1.75 bits per heavy atom. The first kappa shape index (κ1) is 22.3. The minimum absolute atomic E-state index is 0.563. The first-order chi connectivity index (χ1) is 13.6. The fraction of sp³-hybridized carbons (Fsp3) is 0.667. The molecular weight excluding hydrogens is 354 g/mol. The van der Waals surface area contributed by atoms with Crippen molar-refractivity contribution in [3.05, 3.63) is 23.8 Å². The van der Waals surface area contributed by atoms with Crippen molar-refractivity contribution < 1.29 is 9.47 Å². The molecule has 1 atom stereocenters. The number of aliphatic imine (C=N–C) groups is 1. The van der Waals surface area contributed by atoms with Crippen LogP contribution in [0.1, 0.15) is 19.4 Å². The average Bonchev–Trinajstić information content (AvgIpc) is 2.74. The number of ether oxygens (including phenoxy) is 2. The lowest BCUT2D eigenvalue weighted by Crippen LogP contribution is -2.48. The van der Waals surface area contributed by atoms with Crippen LogP contribution in [0.3, 0.4) is 0 Å². The Bertz CT molecular complexity index is 615. The van der Waals surface area contributed by atoms with E-state index in [-0.39, 0.29) is 0 Å². The molecule has 0 spiro atoms. The third-order valence-corrected chi connectivity index (χ3v) is 5.23. The van der Waals surface area contributed by atoms with Crippen LogP contribution in [0.4, 0.5) is 0 Å². The van der Waals surface area contributed by atoms with Crippen molar-refractivity contribution in [2.24, 2.45) is 10.9 Å². The Balaban J connectivity index is 1.74. The Hall–Kier alpha value is -1.99. The molecule has 0 aliphatic carbocycles. The number of benzene rings is 1. The van der Waals surface area contributed by atoms with Crippen molar-refractivity contribution in [1.29, 1.82) is 0 Å². The largest absolute Gasteiger partial charge is 0.493 e. The van der Waals surface area contributed by atoms with Crippen molar-refractivity contribution in [2.75, 3.05) is 67.1 Å². The lowest BCUT2D eigenvalue weighted by Gasteiger charge is -2.35. The van der Waals surface area contributed by atoms with Crippen molar-refractivity contribution in [3.8, 4) is 11.5 Å².